The summed E-state index contributed by atoms with van der Waals surface area (Å²) in [5.41, 5.74) is 0.805. The van der Waals surface area contributed by atoms with Gasteiger partial charge in [-0.1, -0.05) is 42.1 Å². The lowest BCUT2D eigenvalue weighted by Crippen LogP contribution is -2.34. The van der Waals surface area contributed by atoms with Crippen LogP contribution in [-0.4, -0.2) is 23.6 Å². The van der Waals surface area contributed by atoms with Crippen LogP contribution in [0.2, 0.25) is 0 Å². The maximum Gasteiger partial charge on any atom is 0.126 e. The van der Waals surface area contributed by atoms with Crippen molar-refractivity contribution in [3.63, 3.8) is 0 Å². The van der Waals surface area contributed by atoms with Crippen molar-refractivity contribution >= 4 is 27.7 Å². The molecule has 1 aromatic rings. The standard InChI is InChI=1S/C17H25BrFNS/c1-2-20-15(12-21-16-6-4-3-5-7-16)11-13-10-14(18)8-9-17(13)19/h8-10,15-16,20H,2-7,11-12H2,1H3. The normalized spacial score (nSPS) is 17.9. The van der Waals surface area contributed by atoms with E-state index in [4.69, 9.17) is 0 Å². The zero-order chi connectivity index (χ0) is 15.1. The van der Waals surface area contributed by atoms with E-state index in [0.717, 1.165) is 34.0 Å². The maximum atomic E-state index is 13.9. The largest absolute Gasteiger partial charge is 0.313 e. The average Bonchev–Trinajstić information content (AvgIpc) is 2.50. The molecule has 1 aromatic carbocycles. The number of thioether (sulfide) groups is 1. The second kappa shape index (κ2) is 9.16. The van der Waals surface area contributed by atoms with Crippen LogP contribution >= 0.6 is 27.7 Å². The molecule has 0 aromatic heterocycles. The van der Waals surface area contributed by atoms with Crippen molar-refractivity contribution in [2.45, 2.75) is 56.7 Å². The van der Waals surface area contributed by atoms with Gasteiger partial charge in [0, 0.05) is 21.5 Å². The summed E-state index contributed by atoms with van der Waals surface area (Å²) in [5.74, 6) is 0.980. The number of nitrogens with one attached hydrogen (secondary N) is 1. The van der Waals surface area contributed by atoms with Crippen molar-refractivity contribution in [1.29, 1.82) is 0 Å². The SMILES string of the molecule is CCNC(CSC1CCCCC1)Cc1cc(Br)ccc1F. The summed E-state index contributed by atoms with van der Waals surface area (Å²) in [6.07, 6.45) is 7.63. The van der Waals surface area contributed by atoms with E-state index < -0.39 is 0 Å². The highest BCUT2D eigenvalue weighted by molar-refractivity contribution is 9.10. The van der Waals surface area contributed by atoms with Gasteiger partial charge in [-0.05, 0) is 49.6 Å². The minimum Gasteiger partial charge on any atom is -0.313 e. The number of likely N-dealkylation sites (N-methyl/N-ethyl adjacent to an activating group) is 1. The van der Waals surface area contributed by atoms with E-state index in [0.29, 0.717) is 6.04 Å². The molecule has 118 valence electrons. The minimum absolute atomic E-state index is 0.0937. The molecule has 21 heavy (non-hydrogen) atoms. The van der Waals surface area contributed by atoms with E-state index >= 15 is 0 Å². The Hall–Kier alpha value is -0.0600. The molecule has 0 saturated heterocycles. The second-order valence-corrected chi connectivity index (χ2v) is 8.04. The Morgan fingerprint density at radius 3 is 2.81 bits per heavy atom. The summed E-state index contributed by atoms with van der Waals surface area (Å²) in [4.78, 5) is 0. The fraction of sp³-hybridized carbons (Fsp3) is 0.647. The molecular weight excluding hydrogens is 349 g/mol. The topological polar surface area (TPSA) is 12.0 Å². The Kier molecular flexibility index (Phi) is 7.55. The van der Waals surface area contributed by atoms with E-state index in [-0.39, 0.29) is 5.82 Å². The number of halogens is 2. The molecule has 1 atom stereocenters. The van der Waals surface area contributed by atoms with Gasteiger partial charge in [-0.25, -0.2) is 4.39 Å². The molecule has 1 saturated carbocycles. The van der Waals surface area contributed by atoms with Gasteiger partial charge in [0.2, 0.25) is 0 Å². The molecule has 1 aliphatic carbocycles. The van der Waals surface area contributed by atoms with Crippen molar-refractivity contribution in [2.75, 3.05) is 12.3 Å². The van der Waals surface area contributed by atoms with Crippen LogP contribution in [0.3, 0.4) is 0 Å². The van der Waals surface area contributed by atoms with Crippen LogP contribution in [0.5, 0.6) is 0 Å². The van der Waals surface area contributed by atoms with Crippen LogP contribution in [0, 0.1) is 5.82 Å². The van der Waals surface area contributed by atoms with Gasteiger partial charge in [-0.15, -0.1) is 0 Å². The van der Waals surface area contributed by atoms with Gasteiger partial charge in [-0.2, -0.15) is 11.8 Å². The van der Waals surface area contributed by atoms with Crippen molar-refractivity contribution in [3.05, 3.63) is 34.1 Å². The first kappa shape index (κ1) is 17.3. The number of benzene rings is 1. The molecule has 1 nitrogen and oxygen atoms in total. The summed E-state index contributed by atoms with van der Waals surface area (Å²) in [6, 6.07) is 5.57. The highest BCUT2D eigenvalue weighted by atomic mass is 79.9. The highest BCUT2D eigenvalue weighted by Gasteiger charge is 2.17. The van der Waals surface area contributed by atoms with Gasteiger partial charge >= 0.3 is 0 Å². The van der Waals surface area contributed by atoms with Crippen molar-refractivity contribution in [3.8, 4) is 0 Å². The lowest BCUT2D eigenvalue weighted by molar-refractivity contribution is 0.511. The van der Waals surface area contributed by atoms with Crippen molar-refractivity contribution in [1.82, 2.24) is 5.32 Å². The Labute approximate surface area is 140 Å². The van der Waals surface area contributed by atoms with Gasteiger partial charge < -0.3 is 5.32 Å². The number of hydrogen-bond acceptors (Lipinski definition) is 2. The van der Waals surface area contributed by atoms with Gasteiger partial charge in [0.05, 0.1) is 0 Å². The molecule has 1 N–H and O–H groups in total. The lowest BCUT2D eigenvalue weighted by Gasteiger charge is -2.24. The van der Waals surface area contributed by atoms with Gasteiger partial charge in [-0.3, -0.25) is 0 Å². The van der Waals surface area contributed by atoms with Crippen LogP contribution in [0.4, 0.5) is 4.39 Å². The first-order valence-electron chi connectivity index (χ1n) is 7.98. The smallest absolute Gasteiger partial charge is 0.126 e. The molecule has 0 bridgehead atoms. The van der Waals surface area contributed by atoms with E-state index in [9.17, 15) is 4.39 Å². The molecule has 0 amide bonds. The average molecular weight is 374 g/mol. The first-order chi connectivity index (χ1) is 10.2. The molecule has 4 heteroatoms. The minimum atomic E-state index is -0.0937. The summed E-state index contributed by atoms with van der Waals surface area (Å²) in [7, 11) is 0. The van der Waals surface area contributed by atoms with Crippen molar-refractivity contribution < 1.29 is 4.39 Å². The second-order valence-electron chi connectivity index (χ2n) is 5.79. The Balaban J connectivity index is 1.89. The van der Waals surface area contributed by atoms with Gasteiger partial charge in [0.1, 0.15) is 5.82 Å². The van der Waals surface area contributed by atoms with E-state index in [1.165, 1.54) is 32.1 Å². The highest BCUT2D eigenvalue weighted by Crippen LogP contribution is 2.29. The molecule has 0 heterocycles. The molecule has 1 aliphatic rings. The number of rotatable bonds is 7. The zero-order valence-corrected chi connectivity index (χ0v) is 15.1. The van der Waals surface area contributed by atoms with Gasteiger partial charge in [0.25, 0.3) is 0 Å². The van der Waals surface area contributed by atoms with E-state index in [1.807, 2.05) is 6.07 Å². The van der Waals surface area contributed by atoms with Crippen LogP contribution in [0.25, 0.3) is 0 Å². The van der Waals surface area contributed by atoms with E-state index in [1.54, 1.807) is 12.1 Å². The molecule has 1 unspecified atom stereocenters. The quantitative estimate of drug-likeness (QED) is 0.706. The molecular formula is C17H25BrFNS. The fourth-order valence-corrected chi connectivity index (χ4v) is 4.74. The fourth-order valence-electron chi connectivity index (χ4n) is 2.93. The van der Waals surface area contributed by atoms with Crippen LogP contribution < -0.4 is 5.32 Å². The lowest BCUT2D eigenvalue weighted by atomic mass is 10.0. The molecule has 2 rings (SSSR count). The van der Waals surface area contributed by atoms with Crippen LogP contribution in [0.1, 0.15) is 44.6 Å². The zero-order valence-electron chi connectivity index (χ0n) is 12.7. The third-order valence-corrected chi connectivity index (χ3v) is 6.08. The summed E-state index contributed by atoms with van der Waals surface area (Å²) in [5, 5.41) is 4.33. The first-order valence-corrected chi connectivity index (χ1v) is 9.82. The Bertz CT molecular complexity index is 435. The Morgan fingerprint density at radius 2 is 2.10 bits per heavy atom. The molecule has 1 fully saturated rings. The van der Waals surface area contributed by atoms with Crippen LogP contribution in [-0.2, 0) is 6.42 Å². The van der Waals surface area contributed by atoms with Gasteiger partial charge in [0.15, 0.2) is 0 Å². The van der Waals surface area contributed by atoms with Crippen LogP contribution in [0.15, 0.2) is 22.7 Å². The summed E-state index contributed by atoms with van der Waals surface area (Å²) >= 11 is 5.51. The van der Waals surface area contributed by atoms with E-state index in [2.05, 4.69) is 39.9 Å². The maximum absolute atomic E-state index is 13.9. The molecule has 0 spiro atoms. The third kappa shape index (κ3) is 5.91. The third-order valence-electron chi connectivity index (χ3n) is 4.05. The predicted octanol–water partition coefficient (Wildman–Crippen LogP) is 5.17. The summed E-state index contributed by atoms with van der Waals surface area (Å²) in [6.45, 7) is 3.06. The summed E-state index contributed by atoms with van der Waals surface area (Å²) < 4.78 is 14.9. The molecule has 0 aliphatic heterocycles. The monoisotopic (exact) mass is 373 g/mol. The predicted molar refractivity (Wildman–Crippen MR) is 94.6 cm³/mol. The Morgan fingerprint density at radius 1 is 1.33 bits per heavy atom. The molecule has 0 radical (unpaired) electrons. The van der Waals surface area contributed by atoms with Crippen molar-refractivity contribution in [2.24, 2.45) is 0 Å². The number of hydrogen-bond donors (Lipinski definition) is 1.